The summed E-state index contributed by atoms with van der Waals surface area (Å²) in [5.41, 5.74) is 3.34. The van der Waals surface area contributed by atoms with Crippen molar-refractivity contribution in [3.63, 3.8) is 0 Å². The largest absolute Gasteiger partial charge is 0.407 e. The SMILES string of the molecule is C#C[C@]1(CO[Si](c2ccccc2)(c2ccccc2)C(C)(C)C)O[C@@H](n2ccc(N)nc2=O)[C@@H](F)[C@@H]1O[Si](C)(C)C(C)(C)C. The van der Waals surface area contributed by atoms with Crippen molar-refractivity contribution in [2.45, 2.75) is 88.8 Å². The molecule has 0 unspecified atom stereocenters. The highest BCUT2D eigenvalue weighted by molar-refractivity contribution is 6.99. The number of rotatable bonds is 8. The first-order valence-corrected chi connectivity index (χ1v) is 19.4. The predicted octanol–water partition coefficient (Wildman–Crippen LogP) is 5.03. The lowest BCUT2D eigenvalue weighted by atomic mass is 9.98. The van der Waals surface area contributed by atoms with Gasteiger partial charge in [0.25, 0.3) is 8.32 Å². The number of terminal acetylenes is 1. The van der Waals surface area contributed by atoms with Crippen LogP contribution in [0, 0.1) is 12.3 Å². The molecule has 4 rings (SSSR count). The maximum Gasteiger partial charge on any atom is 0.351 e. The van der Waals surface area contributed by atoms with Gasteiger partial charge in [-0.3, -0.25) is 4.57 Å². The predicted molar refractivity (Wildman–Crippen MR) is 175 cm³/mol. The molecule has 0 spiro atoms. The Morgan fingerprint density at radius 2 is 1.53 bits per heavy atom. The lowest BCUT2D eigenvalue weighted by Crippen LogP contribution is -2.68. The van der Waals surface area contributed by atoms with Crippen LogP contribution in [0.1, 0.15) is 47.8 Å². The molecular formula is C33H44FN3O4Si2. The molecule has 4 atom stereocenters. The molecule has 1 saturated heterocycles. The number of hydrogen-bond donors (Lipinski definition) is 1. The lowest BCUT2D eigenvalue weighted by molar-refractivity contribution is -0.0870. The molecule has 43 heavy (non-hydrogen) atoms. The van der Waals surface area contributed by atoms with Gasteiger partial charge in [-0.15, -0.1) is 6.42 Å². The summed E-state index contributed by atoms with van der Waals surface area (Å²) < 4.78 is 38.2. The minimum Gasteiger partial charge on any atom is -0.407 e. The Hall–Kier alpha value is -3.08. The molecule has 0 radical (unpaired) electrons. The third-order valence-electron chi connectivity index (χ3n) is 8.87. The van der Waals surface area contributed by atoms with E-state index in [0.29, 0.717) is 0 Å². The highest BCUT2D eigenvalue weighted by atomic mass is 28.4. The van der Waals surface area contributed by atoms with Crippen LogP contribution < -0.4 is 21.8 Å². The number of nitrogens with zero attached hydrogens (tertiary/aromatic N) is 2. The van der Waals surface area contributed by atoms with Crippen molar-refractivity contribution in [1.82, 2.24) is 9.55 Å². The topological polar surface area (TPSA) is 88.6 Å². The molecule has 7 nitrogen and oxygen atoms in total. The molecular weight excluding hydrogens is 578 g/mol. The maximum atomic E-state index is 16.7. The smallest absolute Gasteiger partial charge is 0.351 e. The zero-order valence-corrected chi connectivity index (χ0v) is 28.4. The van der Waals surface area contributed by atoms with Crippen LogP contribution in [0.3, 0.4) is 0 Å². The molecule has 1 aliphatic heterocycles. The van der Waals surface area contributed by atoms with Gasteiger partial charge in [-0.25, -0.2) is 9.18 Å². The van der Waals surface area contributed by atoms with Crippen LogP contribution in [0.2, 0.25) is 23.2 Å². The van der Waals surface area contributed by atoms with Gasteiger partial charge in [0.05, 0.1) is 6.61 Å². The van der Waals surface area contributed by atoms with Crippen LogP contribution in [0.25, 0.3) is 0 Å². The van der Waals surface area contributed by atoms with Gasteiger partial charge < -0.3 is 19.3 Å². The Labute approximate surface area is 256 Å². The molecule has 10 heteroatoms. The van der Waals surface area contributed by atoms with Crippen molar-refractivity contribution in [1.29, 1.82) is 0 Å². The van der Waals surface area contributed by atoms with Crippen molar-refractivity contribution in [2.24, 2.45) is 0 Å². The fourth-order valence-corrected chi connectivity index (χ4v) is 11.4. The Bertz CT molecular complexity index is 1470. The van der Waals surface area contributed by atoms with Gasteiger partial charge >= 0.3 is 5.69 Å². The second-order valence-electron chi connectivity index (χ2n) is 13.8. The molecule has 1 fully saturated rings. The average Bonchev–Trinajstić information content (AvgIpc) is 3.20. The summed E-state index contributed by atoms with van der Waals surface area (Å²) in [7, 11) is -5.68. The monoisotopic (exact) mass is 621 g/mol. The highest BCUT2D eigenvalue weighted by Crippen LogP contribution is 2.47. The summed E-state index contributed by atoms with van der Waals surface area (Å²) in [6.45, 7) is 16.6. The third kappa shape index (κ3) is 6.02. The number of nitrogen functional groups attached to an aromatic ring is 1. The first kappa shape index (κ1) is 32.8. The van der Waals surface area contributed by atoms with Crippen molar-refractivity contribution < 1.29 is 18.0 Å². The van der Waals surface area contributed by atoms with E-state index in [1.807, 2.05) is 49.5 Å². The van der Waals surface area contributed by atoms with E-state index in [4.69, 9.17) is 25.7 Å². The van der Waals surface area contributed by atoms with Crippen LogP contribution in [0.15, 0.2) is 77.7 Å². The molecule has 2 N–H and O–H groups in total. The van der Waals surface area contributed by atoms with Crippen LogP contribution in [0.4, 0.5) is 10.2 Å². The number of benzene rings is 2. The van der Waals surface area contributed by atoms with Crippen molar-refractivity contribution in [3.05, 3.63) is 83.4 Å². The normalized spacial score (nSPS) is 23.2. The zero-order valence-electron chi connectivity index (χ0n) is 26.4. The summed E-state index contributed by atoms with van der Waals surface area (Å²) in [5.74, 6) is 2.79. The number of anilines is 1. The van der Waals surface area contributed by atoms with E-state index in [1.165, 1.54) is 12.3 Å². The number of nitrogens with two attached hydrogens (primary N) is 1. The Balaban J connectivity index is 1.87. The van der Waals surface area contributed by atoms with E-state index in [9.17, 15) is 4.79 Å². The standard InChI is InChI=1S/C33H44FN3O4Si2/c1-10-33(23-39-43(32(5,6)7,24-17-13-11-14-18-24)25-19-15-12-16-20-25)28(41-42(8,9)31(2,3)4)27(34)29(40-33)37-22-21-26(35)36-30(37)38/h1,11-22,27-29H,23H2,2-9H3,(H2,35,36,38)/t27-,28-,29+,33+/m0/s1. The Morgan fingerprint density at radius 1 is 1.00 bits per heavy atom. The van der Waals surface area contributed by atoms with Crippen molar-refractivity contribution >= 4 is 32.8 Å². The van der Waals surface area contributed by atoms with E-state index in [-0.39, 0.29) is 22.5 Å². The minimum atomic E-state index is -3.09. The fourth-order valence-electron chi connectivity index (χ4n) is 5.49. The minimum absolute atomic E-state index is 0.0296. The first-order valence-electron chi connectivity index (χ1n) is 14.6. The van der Waals surface area contributed by atoms with Crippen LogP contribution in [0.5, 0.6) is 0 Å². The molecule has 230 valence electrons. The van der Waals surface area contributed by atoms with Crippen LogP contribution in [-0.2, 0) is 13.6 Å². The van der Waals surface area contributed by atoms with E-state index >= 15 is 4.39 Å². The van der Waals surface area contributed by atoms with E-state index < -0.39 is 46.4 Å². The van der Waals surface area contributed by atoms with Gasteiger partial charge in [0.2, 0.25) is 0 Å². The van der Waals surface area contributed by atoms with E-state index in [2.05, 4.69) is 76.7 Å². The van der Waals surface area contributed by atoms with Gasteiger partial charge in [0.1, 0.15) is 11.9 Å². The third-order valence-corrected chi connectivity index (χ3v) is 18.3. The van der Waals surface area contributed by atoms with Gasteiger partial charge in [-0.1, -0.05) is 108 Å². The molecule has 1 aliphatic rings. The van der Waals surface area contributed by atoms with Gasteiger partial charge in [0.15, 0.2) is 26.3 Å². The van der Waals surface area contributed by atoms with E-state index in [1.54, 1.807) is 0 Å². The summed E-state index contributed by atoms with van der Waals surface area (Å²) in [6, 6.07) is 21.7. The van der Waals surface area contributed by atoms with Crippen molar-refractivity contribution in [3.8, 4) is 12.3 Å². The van der Waals surface area contributed by atoms with Crippen LogP contribution in [-0.4, -0.2) is 50.7 Å². The Morgan fingerprint density at radius 3 is 1.98 bits per heavy atom. The van der Waals surface area contributed by atoms with E-state index in [0.717, 1.165) is 14.9 Å². The lowest BCUT2D eigenvalue weighted by Gasteiger charge is -2.46. The second-order valence-corrected chi connectivity index (χ2v) is 22.8. The maximum absolute atomic E-state index is 16.7. The number of aromatic nitrogens is 2. The number of hydrogen-bond acceptors (Lipinski definition) is 6. The molecule has 0 saturated carbocycles. The summed E-state index contributed by atoms with van der Waals surface area (Å²) in [4.78, 5) is 16.7. The average molecular weight is 622 g/mol. The molecule has 0 bridgehead atoms. The molecule has 3 aromatic rings. The molecule has 2 heterocycles. The van der Waals surface area contributed by atoms with Gasteiger partial charge in [0, 0.05) is 6.20 Å². The number of ether oxygens (including phenoxy) is 1. The summed E-state index contributed by atoms with van der Waals surface area (Å²) in [6.07, 6.45) is 3.29. The molecule has 1 aromatic heterocycles. The quantitative estimate of drug-likeness (QED) is 0.280. The summed E-state index contributed by atoms with van der Waals surface area (Å²) in [5, 5.41) is 1.50. The number of halogens is 1. The highest BCUT2D eigenvalue weighted by Gasteiger charge is 2.61. The molecule has 2 aromatic carbocycles. The Kier molecular flexibility index (Phi) is 9.00. The first-order chi connectivity index (χ1) is 20.0. The summed E-state index contributed by atoms with van der Waals surface area (Å²) >= 11 is 0. The molecule has 0 amide bonds. The van der Waals surface area contributed by atoms with Crippen LogP contribution >= 0.6 is 0 Å². The van der Waals surface area contributed by atoms with Crippen molar-refractivity contribution in [2.75, 3.05) is 12.3 Å². The fraction of sp³-hybridized carbons (Fsp3) is 0.455. The van der Waals surface area contributed by atoms with Gasteiger partial charge in [-0.05, 0) is 39.6 Å². The van der Waals surface area contributed by atoms with Gasteiger partial charge in [-0.2, -0.15) is 4.98 Å². The molecule has 0 aliphatic carbocycles. The zero-order chi connectivity index (χ0) is 31.8. The number of alkyl halides is 1. The second kappa shape index (κ2) is 11.8.